The number of carbonyl (C=O) groups excluding carboxylic acids is 2. The number of hydrogen-bond acceptors (Lipinski definition) is 10. The minimum Gasteiger partial charge on any atom is -0.448 e. The van der Waals surface area contributed by atoms with Crippen LogP contribution in [0.25, 0.3) is 0 Å². The molecule has 3 rings (SSSR count). The van der Waals surface area contributed by atoms with E-state index in [1.165, 1.54) is 6.07 Å². The van der Waals surface area contributed by atoms with Gasteiger partial charge in [-0.15, -0.1) is 4.91 Å². The van der Waals surface area contributed by atoms with Crippen LogP contribution in [0.5, 0.6) is 0 Å². The van der Waals surface area contributed by atoms with Crippen molar-refractivity contribution in [3.63, 3.8) is 0 Å². The van der Waals surface area contributed by atoms with Crippen LogP contribution in [0.4, 0.5) is 38.3 Å². The summed E-state index contributed by atoms with van der Waals surface area (Å²) in [5.74, 6) is 0.107. The lowest BCUT2D eigenvalue weighted by Crippen LogP contribution is -2.31. The van der Waals surface area contributed by atoms with Crippen LogP contribution in [0.3, 0.4) is 0 Å². The van der Waals surface area contributed by atoms with Crippen molar-refractivity contribution >= 4 is 40.8 Å². The molecule has 14 heteroatoms. The standard InChI is InChI=1S/C29H37N9O5/c1-3-38(25-14-12-23(13-15-25)36-35-22-8-10-24(37-42)11-9-22)18-19-43-29(41)31-17-7-5-4-6-16-30-28(40)34-27-32-21(2)20-26(39)33-27/h8-15,20H,3-7,16-19H2,1-2H3,(H,31,41)(H3,30,32,33,34,39,40). The van der Waals surface area contributed by atoms with Gasteiger partial charge in [0, 0.05) is 37.1 Å². The Morgan fingerprint density at radius 3 is 2.12 bits per heavy atom. The Morgan fingerprint density at radius 2 is 1.51 bits per heavy atom. The molecule has 0 aliphatic rings. The Bertz CT molecular complexity index is 1410. The summed E-state index contributed by atoms with van der Waals surface area (Å²) in [6, 6.07) is 15.0. The molecule has 0 spiro atoms. The van der Waals surface area contributed by atoms with E-state index in [0.717, 1.165) is 37.9 Å². The van der Waals surface area contributed by atoms with Crippen LogP contribution in [-0.4, -0.2) is 54.9 Å². The van der Waals surface area contributed by atoms with Gasteiger partial charge in [-0.1, -0.05) is 12.8 Å². The second-order valence-corrected chi connectivity index (χ2v) is 9.50. The molecule has 228 valence electrons. The molecule has 4 N–H and O–H groups in total. The normalized spacial score (nSPS) is 10.7. The van der Waals surface area contributed by atoms with E-state index in [1.807, 2.05) is 31.2 Å². The summed E-state index contributed by atoms with van der Waals surface area (Å²) >= 11 is 0. The molecule has 0 bridgehead atoms. The van der Waals surface area contributed by atoms with Gasteiger partial charge in [0.05, 0.1) is 17.9 Å². The number of anilines is 2. The van der Waals surface area contributed by atoms with Crippen LogP contribution in [0, 0.1) is 11.8 Å². The summed E-state index contributed by atoms with van der Waals surface area (Å²) in [7, 11) is 0. The van der Waals surface area contributed by atoms with Crippen LogP contribution in [-0.2, 0) is 4.74 Å². The van der Waals surface area contributed by atoms with Gasteiger partial charge in [-0.3, -0.25) is 15.1 Å². The van der Waals surface area contributed by atoms with Crippen LogP contribution < -0.4 is 26.4 Å². The van der Waals surface area contributed by atoms with E-state index in [9.17, 15) is 19.3 Å². The number of likely N-dealkylation sites (N-methyl/N-ethyl adjacent to an activating group) is 1. The fourth-order valence-corrected chi connectivity index (χ4v) is 3.98. The zero-order chi connectivity index (χ0) is 30.9. The molecule has 0 saturated heterocycles. The molecule has 0 saturated carbocycles. The molecule has 2 aromatic carbocycles. The molecule has 1 heterocycles. The smallest absolute Gasteiger partial charge is 0.407 e. The predicted molar refractivity (Wildman–Crippen MR) is 165 cm³/mol. The largest absolute Gasteiger partial charge is 0.448 e. The van der Waals surface area contributed by atoms with Gasteiger partial charge in [0.1, 0.15) is 12.3 Å². The molecule has 0 aliphatic heterocycles. The molecule has 14 nitrogen and oxygen atoms in total. The zero-order valence-electron chi connectivity index (χ0n) is 24.3. The van der Waals surface area contributed by atoms with Gasteiger partial charge >= 0.3 is 12.1 Å². The first kappa shape index (κ1) is 32.4. The Hall–Kier alpha value is -5.14. The third-order valence-electron chi connectivity index (χ3n) is 6.19. The number of nitroso groups, excluding NO2 is 1. The molecule has 0 fully saturated rings. The number of alkyl carbamates (subject to hydrolysis) is 1. The van der Waals surface area contributed by atoms with Crippen LogP contribution in [0.2, 0.25) is 0 Å². The van der Waals surface area contributed by atoms with Crippen LogP contribution in [0.15, 0.2) is 74.8 Å². The lowest BCUT2D eigenvalue weighted by Gasteiger charge is -2.23. The molecule has 0 aliphatic carbocycles. The van der Waals surface area contributed by atoms with Gasteiger partial charge in [0.25, 0.3) is 5.56 Å². The number of nitrogens with one attached hydrogen (secondary N) is 4. The lowest BCUT2D eigenvalue weighted by molar-refractivity contribution is 0.148. The third-order valence-corrected chi connectivity index (χ3v) is 6.19. The molecule has 43 heavy (non-hydrogen) atoms. The van der Waals surface area contributed by atoms with Gasteiger partial charge in [-0.2, -0.15) is 10.2 Å². The SMILES string of the molecule is CCN(CCOC(=O)NCCCCCCNC(=O)Nc1nc(C)cc(=O)[nH]1)c1ccc(N=Nc2ccc(N=O)cc2)cc1. The van der Waals surface area contributed by atoms with E-state index in [2.05, 4.69) is 46.2 Å². The van der Waals surface area contributed by atoms with Crippen molar-refractivity contribution < 1.29 is 14.3 Å². The number of nitrogens with zero attached hydrogens (tertiary/aromatic N) is 5. The predicted octanol–water partition coefficient (Wildman–Crippen LogP) is 5.83. The first-order chi connectivity index (χ1) is 20.9. The van der Waals surface area contributed by atoms with Gasteiger partial charge < -0.3 is 20.3 Å². The Kier molecular flexibility index (Phi) is 13.3. The second kappa shape index (κ2) is 17.6. The summed E-state index contributed by atoms with van der Waals surface area (Å²) in [5.41, 5.74) is 2.80. The summed E-state index contributed by atoms with van der Waals surface area (Å²) in [6.45, 7) is 6.20. The average Bonchev–Trinajstić information content (AvgIpc) is 2.99. The van der Waals surface area contributed by atoms with E-state index in [4.69, 9.17) is 4.74 Å². The Balaban J connectivity index is 1.24. The van der Waals surface area contributed by atoms with Gasteiger partial charge in [0.2, 0.25) is 5.95 Å². The molecule has 3 aromatic rings. The highest BCUT2D eigenvalue weighted by atomic mass is 16.5. The second-order valence-electron chi connectivity index (χ2n) is 9.50. The van der Waals surface area contributed by atoms with Crippen molar-refractivity contribution in [1.29, 1.82) is 0 Å². The molecule has 1 aromatic heterocycles. The topological polar surface area (TPSA) is 183 Å². The third kappa shape index (κ3) is 12.1. The van der Waals surface area contributed by atoms with E-state index in [0.29, 0.717) is 42.4 Å². The molecule has 0 atom stereocenters. The number of rotatable bonds is 16. The molecule has 3 amide bonds. The minimum atomic E-state index is -0.454. The van der Waals surface area contributed by atoms with Crippen LogP contribution in [0.1, 0.15) is 38.3 Å². The number of azo groups is 1. The first-order valence-electron chi connectivity index (χ1n) is 14.1. The maximum absolute atomic E-state index is 12.0. The fraction of sp³-hybridized carbons (Fsp3) is 0.379. The van der Waals surface area contributed by atoms with Gasteiger partial charge in [0.15, 0.2) is 0 Å². The van der Waals surface area contributed by atoms with Crippen molar-refractivity contribution in [1.82, 2.24) is 20.6 Å². The quantitative estimate of drug-likeness (QED) is 0.0918. The van der Waals surface area contributed by atoms with E-state index in [1.54, 1.807) is 31.2 Å². The van der Waals surface area contributed by atoms with Gasteiger partial charge in [-0.25, -0.2) is 14.6 Å². The molecular weight excluding hydrogens is 554 g/mol. The number of H-pyrrole nitrogens is 1. The lowest BCUT2D eigenvalue weighted by atomic mass is 10.2. The van der Waals surface area contributed by atoms with Crippen molar-refractivity contribution in [2.45, 2.75) is 39.5 Å². The maximum Gasteiger partial charge on any atom is 0.407 e. The number of aromatic amines is 1. The fourth-order valence-electron chi connectivity index (χ4n) is 3.98. The van der Waals surface area contributed by atoms with Crippen molar-refractivity contribution in [2.75, 3.05) is 43.0 Å². The van der Waals surface area contributed by atoms with E-state index >= 15 is 0 Å². The highest BCUT2D eigenvalue weighted by Gasteiger charge is 2.08. The van der Waals surface area contributed by atoms with Gasteiger partial charge in [-0.05, 0) is 80.4 Å². The first-order valence-corrected chi connectivity index (χ1v) is 14.1. The number of amides is 3. The maximum atomic E-state index is 12.0. The Morgan fingerprint density at radius 1 is 0.907 bits per heavy atom. The number of benzene rings is 2. The van der Waals surface area contributed by atoms with E-state index in [-0.39, 0.29) is 18.1 Å². The minimum absolute atomic E-state index is 0.107. The summed E-state index contributed by atoms with van der Waals surface area (Å²) < 4.78 is 5.33. The molecule has 0 unspecified atom stereocenters. The summed E-state index contributed by atoms with van der Waals surface area (Å²) in [5, 5.41) is 19.2. The van der Waals surface area contributed by atoms with Crippen LogP contribution >= 0.6 is 0 Å². The van der Waals surface area contributed by atoms with Crippen molar-refractivity contribution in [3.8, 4) is 0 Å². The number of aryl methyl sites for hydroxylation is 1. The average molecular weight is 592 g/mol. The van der Waals surface area contributed by atoms with Crippen molar-refractivity contribution in [2.24, 2.45) is 15.4 Å². The number of ether oxygens (including phenoxy) is 1. The number of hydrogen-bond donors (Lipinski definition) is 4. The van der Waals surface area contributed by atoms with Crippen molar-refractivity contribution in [3.05, 3.63) is 75.6 Å². The molecule has 0 radical (unpaired) electrons. The number of urea groups is 1. The number of aromatic nitrogens is 2. The molecular formula is C29H37N9O5. The zero-order valence-corrected chi connectivity index (χ0v) is 24.3. The summed E-state index contributed by atoms with van der Waals surface area (Å²) in [6.07, 6.45) is 2.89. The number of carbonyl (C=O) groups is 2. The summed E-state index contributed by atoms with van der Waals surface area (Å²) in [4.78, 5) is 54.5. The highest BCUT2D eigenvalue weighted by molar-refractivity contribution is 5.87. The monoisotopic (exact) mass is 591 g/mol. The van der Waals surface area contributed by atoms with E-state index < -0.39 is 12.1 Å². The number of unbranched alkanes of at least 4 members (excludes halogenated alkanes) is 3. The highest BCUT2D eigenvalue weighted by Crippen LogP contribution is 2.23. The Labute approximate surface area is 249 Å².